The van der Waals surface area contributed by atoms with Gasteiger partial charge in [-0.15, -0.1) is 0 Å². The highest BCUT2D eigenvalue weighted by Gasteiger charge is 2.18. The minimum Gasteiger partial charge on any atom is -0.331 e. The molecule has 0 atom stereocenters. The van der Waals surface area contributed by atoms with E-state index in [1.807, 2.05) is 0 Å². The van der Waals surface area contributed by atoms with Gasteiger partial charge in [0.15, 0.2) is 5.82 Å². The average molecular weight is 364 g/mol. The second-order valence-corrected chi connectivity index (χ2v) is 5.93. The number of hydrogen-bond acceptors (Lipinski definition) is 5. The Bertz CT molecular complexity index is 1040. The topological polar surface area (TPSA) is 107 Å². The molecule has 0 radical (unpaired) electrons. The zero-order valence-corrected chi connectivity index (χ0v) is 14.7. The molecule has 0 fully saturated rings. The van der Waals surface area contributed by atoms with Gasteiger partial charge in [0.05, 0.1) is 4.92 Å². The van der Waals surface area contributed by atoms with Gasteiger partial charge in [-0.1, -0.05) is 6.07 Å². The van der Waals surface area contributed by atoms with Crippen molar-refractivity contribution in [3.8, 4) is 0 Å². The molecule has 0 bridgehead atoms. The van der Waals surface area contributed by atoms with E-state index in [2.05, 4.69) is 10.3 Å². The van der Waals surface area contributed by atoms with Crippen LogP contribution in [0.5, 0.6) is 0 Å². The first-order valence-corrected chi connectivity index (χ1v) is 8.06. The first-order valence-electron chi connectivity index (χ1n) is 8.06. The van der Waals surface area contributed by atoms with Gasteiger partial charge in [0.25, 0.3) is 11.6 Å². The smallest absolute Gasteiger partial charge is 0.273 e. The Hall–Kier alpha value is -3.81. The lowest BCUT2D eigenvalue weighted by Gasteiger charge is -2.09. The molecule has 0 saturated carbocycles. The van der Waals surface area contributed by atoms with Crippen LogP contribution in [0.15, 0.2) is 54.9 Å². The second-order valence-electron chi connectivity index (χ2n) is 5.93. The number of amides is 1. The molecule has 3 aromatic rings. The number of carbonyl (C=O) groups excluding carboxylic acids is 2. The van der Waals surface area contributed by atoms with Gasteiger partial charge in [-0.3, -0.25) is 19.7 Å². The summed E-state index contributed by atoms with van der Waals surface area (Å²) in [6, 6.07) is 10.7. The molecule has 27 heavy (non-hydrogen) atoms. The number of hydrogen-bond donors (Lipinski definition) is 1. The van der Waals surface area contributed by atoms with Gasteiger partial charge in [-0.2, -0.15) is 0 Å². The van der Waals surface area contributed by atoms with Gasteiger partial charge in [-0.05, 0) is 37.3 Å². The van der Waals surface area contributed by atoms with E-state index in [1.165, 1.54) is 25.1 Å². The summed E-state index contributed by atoms with van der Waals surface area (Å²) in [5, 5.41) is 13.7. The summed E-state index contributed by atoms with van der Waals surface area (Å²) in [6.07, 6.45) is 3.23. The number of aryl methyl sites for hydroxylation is 1. The number of nitro benzene ring substituents is 1. The van der Waals surface area contributed by atoms with Crippen LogP contribution in [0, 0.1) is 17.0 Å². The van der Waals surface area contributed by atoms with Gasteiger partial charge in [0, 0.05) is 47.9 Å². The van der Waals surface area contributed by atoms with Crippen molar-refractivity contribution >= 4 is 23.1 Å². The number of nitro groups is 1. The fourth-order valence-electron chi connectivity index (χ4n) is 2.68. The van der Waals surface area contributed by atoms with Crippen molar-refractivity contribution < 1.29 is 14.5 Å². The third-order valence-corrected chi connectivity index (χ3v) is 4.18. The molecule has 1 N–H and O–H groups in total. The van der Waals surface area contributed by atoms with E-state index < -0.39 is 10.8 Å². The number of nitrogens with one attached hydrogen (secondary N) is 1. The van der Waals surface area contributed by atoms with E-state index in [-0.39, 0.29) is 17.0 Å². The maximum absolute atomic E-state index is 12.4. The van der Waals surface area contributed by atoms with Gasteiger partial charge in [0.1, 0.15) is 0 Å². The first kappa shape index (κ1) is 18.0. The first-order chi connectivity index (χ1) is 12.9. The van der Waals surface area contributed by atoms with Crippen LogP contribution in [0.1, 0.15) is 32.1 Å². The summed E-state index contributed by atoms with van der Waals surface area (Å²) in [5.74, 6) is -0.367. The van der Waals surface area contributed by atoms with Gasteiger partial charge in [0.2, 0.25) is 5.78 Å². The lowest BCUT2D eigenvalue weighted by Crippen LogP contribution is -2.14. The number of imidazole rings is 1. The predicted molar refractivity (Wildman–Crippen MR) is 98.9 cm³/mol. The van der Waals surface area contributed by atoms with Crippen LogP contribution in [0.2, 0.25) is 0 Å². The van der Waals surface area contributed by atoms with Crippen LogP contribution in [-0.4, -0.2) is 26.2 Å². The van der Waals surface area contributed by atoms with Crippen molar-refractivity contribution in [1.82, 2.24) is 9.55 Å². The van der Waals surface area contributed by atoms with Crippen molar-refractivity contribution in [2.45, 2.75) is 6.92 Å². The lowest BCUT2D eigenvalue weighted by molar-refractivity contribution is -0.385. The van der Waals surface area contributed by atoms with E-state index in [0.29, 0.717) is 22.6 Å². The van der Waals surface area contributed by atoms with Gasteiger partial charge in [-0.25, -0.2) is 4.98 Å². The van der Waals surface area contributed by atoms with Crippen molar-refractivity contribution in [2.75, 3.05) is 5.32 Å². The molecule has 0 unspecified atom stereocenters. The minimum absolute atomic E-state index is 0.112. The van der Waals surface area contributed by atoms with E-state index in [0.717, 1.165) is 0 Å². The zero-order chi connectivity index (χ0) is 19.6. The summed E-state index contributed by atoms with van der Waals surface area (Å²) >= 11 is 0. The Kier molecular flexibility index (Phi) is 4.80. The molecule has 0 saturated heterocycles. The van der Waals surface area contributed by atoms with Crippen molar-refractivity contribution in [1.29, 1.82) is 0 Å². The zero-order valence-electron chi connectivity index (χ0n) is 14.7. The molecule has 0 aliphatic heterocycles. The quantitative estimate of drug-likeness (QED) is 0.425. The third kappa shape index (κ3) is 3.59. The van der Waals surface area contributed by atoms with E-state index in [4.69, 9.17) is 0 Å². The Morgan fingerprint density at radius 2 is 1.85 bits per heavy atom. The highest BCUT2D eigenvalue weighted by molar-refractivity contribution is 6.08. The number of aromatic nitrogens is 2. The summed E-state index contributed by atoms with van der Waals surface area (Å²) in [6.45, 7) is 1.53. The summed E-state index contributed by atoms with van der Waals surface area (Å²) < 4.78 is 1.63. The Morgan fingerprint density at radius 1 is 1.15 bits per heavy atom. The number of nitrogens with zero attached hydrogens (tertiary/aromatic N) is 3. The second kappa shape index (κ2) is 7.20. The van der Waals surface area contributed by atoms with Crippen LogP contribution >= 0.6 is 0 Å². The standard InChI is InChI=1S/C19H16N4O4/c1-12-15(4-3-5-16(12)23(26)27)19(25)21-14-8-6-13(7-9-14)17(24)18-20-10-11-22(18)2/h3-11H,1-2H3,(H,21,25). The highest BCUT2D eigenvalue weighted by atomic mass is 16.6. The molecule has 0 aliphatic rings. The number of carbonyl (C=O) groups is 2. The molecule has 8 nitrogen and oxygen atoms in total. The summed E-state index contributed by atoms with van der Waals surface area (Å²) in [5.41, 5.74) is 1.31. The molecule has 1 heterocycles. The Balaban J connectivity index is 1.78. The maximum Gasteiger partial charge on any atom is 0.273 e. The van der Waals surface area contributed by atoms with E-state index >= 15 is 0 Å². The normalized spacial score (nSPS) is 10.4. The number of benzene rings is 2. The van der Waals surface area contributed by atoms with Crippen LogP contribution in [0.4, 0.5) is 11.4 Å². The van der Waals surface area contributed by atoms with Crippen LogP contribution < -0.4 is 5.32 Å². The number of anilines is 1. The Morgan fingerprint density at radius 3 is 2.44 bits per heavy atom. The lowest BCUT2D eigenvalue weighted by atomic mass is 10.1. The molecule has 2 aromatic carbocycles. The number of ketones is 1. The van der Waals surface area contributed by atoms with Crippen molar-refractivity contribution in [3.63, 3.8) is 0 Å². The summed E-state index contributed by atoms with van der Waals surface area (Å²) in [4.78, 5) is 39.4. The van der Waals surface area contributed by atoms with Crippen LogP contribution in [-0.2, 0) is 7.05 Å². The van der Waals surface area contributed by atoms with E-state index in [9.17, 15) is 19.7 Å². The third-order valence-electron chi connectivity index (χ3n) is 4.18. The predicted octanol–water partition coefficient (Wildman–Crippen LogP) is 3.12. The average Bonchev–Trinajstić information content (AvgIpc) is 3.07. The van der Waals surface area contributed by atoms with E-state index in [1.54, 1.807) is 48.3 Å². The molecular weight excluding hydrogens is 348 g/mol. The molecule has 1 aromatic heterocycles. The Labute approximate surface area is 154 Å². The molecular formula is C19H16N4O4. The van der Waals surface area contributed by atoms with Gasteiger partial charge >= 0.3 is 0 Å². The van der Waals surface area contributed by atoms with Crippen molar-refractivity contribution in [3.05, 3.63) is 87.5 Å². The summed E-state index contributed by atoms with van der Waals surface area (Å²) in [7, 11) is 1.73. The molecule has 0 aliphatic carbocycles. The molecule has 3 rings (SSSR count). The monoisotopic (exact) mass is 364 g/mol. The van der Waals surface area contributed by atoms with Crippen LogP contribution in [0.3, 0.4) is 0 Å². The molecule has 8 heteroatoms. The highest BCUT2D eigenvalue weighted by Crippen LogP contribution is 2.22. The largest absolute Gasteiger partial charge is 0.331 e. The maximum atomic E-state index is 12.4. The van der Waals surface area contributed by atoms with Crippen LogP contribution in [0.25, 0.3) is 0 Å². The molecule has 136 valence electrons. The number of rotatable bonds is 5. The van der Waals surface area contributed by atoms with Crippen molar-refractivity contribution in [2.24, 2.45) is 7.05 Å². The molecule has 1 amide bonds. The fourth-order valence-corrected chi connectivity index (χ4v) is 2.68. The fraction of sp³-hybridized carbons (Fsp3) is 0.105. The SMILES string of the molecule is Cc1c(C(=O)Nc2ccc(C(=O)c3nccn3C)cc2)cccc1[N+](=O)[O-]. The van der Waals surface area contributed by atoms with Gasteiger partial charge < -0.3 is 9.88 Å². The molecule has 0 spiro atoms. The minimum atomic E-state index is -0.524.